The summed E-state index contributed by atoms with van der Waals surface area (Å²) in [7, 11) is 0. The highest BCUT2D eigenvalue weighted by atomic mass is 19.1. The Morgan fingerprint density at radius 3 is 1.96 bits per heavy atom. The van der Waals surface area contributed by atoms with Crippen molar-refractivity contribution in [3.63, 3.8) is 0 Å². The summed E-state index contributed by atoms with van der Waals surface area (Å²) in [5, 5.41) is 0. The average Bonchev–Trinajstić information content (AvgIpc) is 2.69. The molecule has 1 saturated carbocycles. The van der Waals surface area contributed by atoms with Crippen molar-refractivity contribution in [1.82, 2.24) is 9.80 Å². The van der Waals surface area contributed by atoms with Gasteiger partial charge < -0.3 is 9.80 Å². The lowest BCUT2D eigenvalue weighted by atomic mass is 9.85. The molecular weight excluding hydrogens is 325 g/mol. The Labute approximate surface area is 158 Å². The minimum Gasteiger partial charge on any atom is -0.367 e. The number of anilines is 1. The maximum absolute atomic E-state index is 14.0. The van der Waals surface area contributed by atoms with Crippen molar-refractivity contribution >= 4 is 5.69 Å². The lowest BCUT2D eigenvalue weighted by molar-refractivity contribution is 0.0626. The quantitative estimate of drug-likeness (QED) is 0.808. The maximum atomic E-state index is 14.0. The first-order chi connectivity index (χ1) is 12.7. The fourth-order valence-electron chi connectivity index (χ4n) is 5.26. The molecule has 0 aromatic heterocycles. The monoisotopic (exact) mass is 359 g/mol. The van der Waals surface area contributed by atoms with Gasteiger partial charge in [-0.15, -0.1) is 0 Å². The van der Waals surface area contributed by atoms with Crippen molar-refractivity contribution in [3.8, 4) is 0 Å². The van der Waals surface area contributed by atoms with E-state index < -0.39 is 0 Å². The van der Waals surface area contributed by atoms with Crippen LogP contribution in [0.25, 0.3) is 0 Å². The second-order valence-corrected chi connectivity index (χ2v) is 8.66. The number of rotatable bonds is 3. The van der Waals surface area contributed by atoms with Gasteiger partial charge >= 0.3 is 0 Å². The molecule has 0 N–H and O–H groups in total. The first-order valence-electron chi connectivity index (χ1n) is 10.7. The highest BCUT2D eigenvalue weighted by molar-refractivity contribution is 5.48. The minimum atomic E-state index is -0.0870. The molecule has 0 amide bonds. The van der Waals surface area contributed by atoms with E-state index in [4.69, 9.17) is 0 Å². The summed E-state index contributed by atoms with van der Waals surface area (Å²) in [6, 6.07) is 8.78. The third-order valence-corrected chi connectivity index (χ3v) is 7.02. The summed E-state index contributed by atoms with van der Waals surface area (Å²) in [6.45, 7) is 8.99. The van der Waals surface area contributed by atoms with Crippen molar-refractivity contribution in [2.75, 3.05) is 44.2 Å². The molecule has 1 aromatic rings. The van der Waals surface area contributed by atoms with Gasteiger partial charge in [0.25, 0.3) is 0 Å². The maximum Gasteiger partial charge on any atom is 0.146 e. The minimum absolute atomic E-state index is 0.0870. The van der Waals surface area contributed by atoms with E-state index in [-0.39, 0.29) is 5.82 Å². The van der Waals surface area contributed by atoms with Crippen molar-refractivity contribution in [2.45, 2.75) is 57.5 Å². The Morgan fingerprint density at radius 1 is 0.731 bits per heavy atom. The molecule has 3 fully saturated rings. The van der Waals surface area contributed by atoms with Crippen LogP contribution in [0, 0.1) is 11.7 Å². The van der Waals surface area contributed by atoms with Gasteiger partial charge in [-0.05, 0) is 69.7 Å². The van der Waals surface area contributed by atoms with Crippen LogP contribution in [-0.4, -0.2) is 61.2 Å². The van der Waals surface area contributed by atoms with Crippen molar-refractivity contribution in [2.24, 2.45) is 5.92 Å². The summed E-state index contributed by atoms with van der Waals surface area (Å²) < 4.78 is 14.0. The summed E-state index contributed by atoms with van der Waals surface area (Å²) in [6.07, 6.45) is 8.28. The first-order valence-corrected chi connectivity index (χ1v) is 10.7. The summed E-state index contributed by atoms with van der Waals surface area (Å²) >= 11 is 0. The number of hydrogen-bond acceptors (Lipinski definition) is 3. The van der Waals surface area contributed by atoms with E-state index in [2.05, 4.69) is 21.6 Å². The predicted molar refractivity (Wildman–Crippen MR) is 106 cm³/mol. The summed E-state index contributed by atoms with van der Waals surface area (Å²) in [5.74, 6) is 0.852. The lowest BCUT2D eigenvalue weighted by Crippen LogP contribution is -2.54. The molecule has 1 aromatic carbocycles. The summed E-state index contributed by atoms with van der Waals surface area (Å²) in [5.41, 5.74) is 0.772. The van der Waals surface area contributed by atoms with Crippen molar-refractivity contribution in [1.29, 1.82) is 0 Å². The van der Waals surface area contributed by atoms with Crippen LogP contribution in [0.5, 0.6) is 0 Å². The van der Waals surface area contributed by atoms with Crippen LogP contribution >= 0.6 is 0 Å². The lowest BCUT2D eigenvalue weighted by Gasteiger charge is -2.45. The molecule has 2 heterocycles. The normalized spacial score (nSPS) is 29.8. The molecule has 3 aliphatic rings. The van der Waals surface area contributed by atoms with E-state index >= 15 is 0 Å². The highest BCUT2D eigenvalue weighted by Gasteiger charge is 2.31. The molecule has 4 heteroatoms. The van der Waals surface area contributed by atoms with E-state index in [1.807, 2.05) is 12.1 Å². The molecule has 0 radical (unpaired) electrons. The molecule has 4 rings (SSSR count). The van der Waals surface area contributed by atoms with Crippen LogP contribution in [-0.2, 0) is 0 Å². The third kappa shape index (κ3) is 4.07. The molecule has 2 saturated heterocycles. The Morgan fingerprint density at radius 2 is 1.31 bits per heavy atom. The van der Waals surface area contributed by atoms with Gasteiger partial charge in [-0.2, -0.15) is 0 Å². The molecule has 0 unspecified atom stereocenters. The van der Waals surface area contributed by atoms with Crippen LogP contribution < -0.4 is 4.90 Å². The number of benzene rings is 1. The zero-order valence-electron chi connectivity index (χ0n) is 16.2. The van der Waals surface area contributed by atoms with E-state index in [1.165, 1.54) is 51.6 Å². The van der Waals surface area contributed by atoms with E-state index in [1.54, 1.807) is 12.1 Å². The number of hydrogen-bond donors (Lipinski definition) is 0. The topological polar surface area (TPSA) is 9.72 Å². The van der Waals surface area contributed by atoms with Gasteiger partial charge in [0, 0.05) is 38.3 Å². The number of likely N-dealkylation sites (tertiary alicyclic amines) is 1. The molecule has 144 valence electrons. The second kappa shape index (κ2) is 8.26. The second-order valence-electron chi connectivity index (χ2n) is 8.66. The Kier molecular flexibility index (Phi) is 5.80. The Hall–Kier alpha value is -1.13. The van der Waals surface area contributed by atoms with Gasteiger partial charge in [0.15, 0.2) is 0 Å². The molecule has 2 aliphatic heterocycles. The molecule has 3 nitrogen and oxygen atoms in total. The Bertz CT molecular complexity index is 569. The van der Waals surface area contributed by atoms with Crippen LogP contribution in [0.2, 0.25) is 0 Å². The van der Waals surface area contributed by atoms with Gasteiger partial charge in [-0.25, -0.2) is 4.39 Å². The molecule has 26 heavy (non-hydrogen) atoms. The largest absolute Gasteiger partial charge is 0.367 e. The number of piperazine rings is 1. The molecule has 0 atom stereocenters. The third-order valence-electron chi connectivity index (χ3n) is 7.02. The van der Waals surface area contributed by atoms with Gasteiger partial charge in [0.2, 0.25) is 0 Å². The summed E-state index contributed by atoms with van der Waals surface area (Å²) in [4.78, 5) is 7.65. The molecule has 1 aliphatic carbocycles. The average molecular weight is 360 g/mol. The van der Waals surface area contributed by atoms with Gasteiger partial charge in [-0.3, -0.25) is 4.90 Å². The smallest absolute Gasteiger partial charge is 0.146 e. The van der Waals surface area contributed by atoms with E-state index in [9.17, 15) is 4.39 Å². The zero-order chi connectivity index (χ0) is 17.9. The molecule has 0 spiro atoms. The van der Waals surface area contributed by atoms with Gasteiger partial charge in [0.05, 0.1) is 5.69 Å². The number of para-hydroxylation sites is 1. The number of piperidine rings is 1. The van der Waals surface area contributed by atoms with Crippen molar-refractivity contribution < 1.29 is 4.39 Å². The van der Waals surface area contributed by atoms with Gasteiger partial charge in [-0.1, -0.05) is 19.1 Å². The zero-order valence-corrected chi connectivity index (χ0v) is 16.2. The highest BCUT2D eigenvalue weighted by Crippen LogP contribution is 2.30. The first kappa shape index (κ1) is 18.2. The fraction of sp³-hybridized carbons (Fsp3) is 0.727. The SMILES string of the molecule is CC1CCC(N2CCC(N3CCN(c4ccccc4F)CC3)CC2)CC1. The van der Waals surface area contributed by atoms with Crippen LogP contribution in [0.15, 0.2) is 24.3 Å². The Balaban J connectivity index is 1.24. The van der Waals surface area contributed by atoms with Crippen LogP contribution in [0.4, 0.5) is 10.1 Å². The fourth-order valence-corrected chi connectivity index (χ4v) is 5.26. The predicted octanol–water partition coefficient (Wildman–Crippen LogP) is 3.99. The van der Waals surface area contributed by atoms with E-state index in [0.29, 0.717) is 0 Å². The van der Waals surface area contributed by atoms with Crippen molar-refractivity contribution in [3.05, 3.63) is 30.1 Å². The standard InChI is InChI=1S/C22H34FN3/c1-18-6-8-19(9-7-18)24-12-10-20(11-13-24)25-14-16-26(17-15-25)22-5-3-2-4-21(22)23/h2-5,18-20H,6-17H2,1H3. The molecular formula is C22H34FN3. The number of halogens is 1. The molecule has 0 bridgehead atoms. The van der Waals surface area contributed by atoms with Crippen LogP contribution in [0.3, 0.4) is 0 Å². The number of nitrogens with zero attached hydrogens (tertiary/aromatic N) is 3. The van der Waals surface area contributed by atoms with Gasteiger partial charge in [0.1, 0.15) is 5.82 Å². The van der Waals surface area contributed by atoms with Crippen LogP contribution in [0.1, 0.15) is 45.4 Å². The van der Waals surface area contributed by atoms with E-state index in [0.717, 1.165) is 49.9 Å².